The maximum absolute atomic E-state index is 11.5. The zero-order valence-corrected chi connectivity index (χ0v) is 11.3. The van der Waals surface area contributed by atoms with Crippen LogP contribution in [-0.2, 0) is 16.6 Å². The summed E-state index contributed by atoms with van der Waals surface area (Å²) in [7, 11) is -0.0318. The second-order valence-electron chi connectivity index (χ2n) is 4.10. The van der Waals surface area contributed by atoms with Crippen molar-refractivity contribution in [3.05, 3.63) is 29.6 Å². The van der Waals surface area contributed by atoms with Crippen molar-refractivity contribution >= 4 is 10.0 Å². The molecule has 1 heterocycles. The highest BCUT2D eigenvalue weighted by Crippen LogP contribution is 1.98. The predicted octanol–water partition coefficient (Wildman–Crippen LogP) is 0.371. The van der Waals surface area contributed by atoms with Crippen molar-refractivity contribution < 1.29 is 8.42 Å². The molecule has 0 fully saturated rings. The van der Waals surface area contributed by atoms with Crippen LogP contribution in [0.3, 0.4) is 0 Å². The number of hydrogen-bond acceptors (Lipinski definition) is 4. The van der Waals surface area contributed by atoms with Crippen LogP contribution in [0.5, 0.6) is 0 Å². The summed E-state index contributed by atoms with van der Waals surface area (Å²) < 4.78 is 24.1. The van der Waals surface area contributed by atoms with Crippen LogP contribution in [0.1, 0.15) is 11.3 Å². The Balaban J connectivity index is 2.32. The number of aromatic nitrogens is 1. The van der Waals surface area contributed by atoms with Gasteiger partial charge in [-0.15, -0.1) is 0 Å². The van der Waals surface area contributed by atoms with Crippen molar-refractivity contribution in [2.75, 3.05) is 26.4 Å². The van der Waals surface area contributed by atoms with Gasteiger partial charge < -0.3 is 5.32 Å². The number of hydrogen-bond donors (Lipinski definition) is 1. The van der Waals surface area contributed by atoms with Gasteiger partial charge in [-0.1, -0.05) is 6.07 Å². The molecule has 0 saturated heterocycles. The first-order valence-electron chi connectivity index (χ1n) is 5.44. The molecule has 0 saturated carbocycles. The summed E-state index contributed by atoms with van der Waals surface area (Å²) in [6.07, 6.45) is 1.80. The molecule has 0 amide bonds. The Kier molecular flexibility index (Phi) is 5.04. The quantitative estimate of drug-likeness (QED) is 0.748. The molecule has 0 spiro atoms. The molecule has 17 heavy (non-hydrogen) atoms. The molecule has 0 aromatic carbocycles. The molecule has 6 heteroatoms. The van der Waals surface area contributed by atoms with Crippen LogP contribution >= 0.6 is 0 Å². The molecule has 96 valence electrons. The molecule has 0 aliphatic heterocycles. The van der Waals surface area contributed by atoms with Crippen molar-refractivity contribution in [1.82, 2.24) is 14.6 Å². The summed E-state index contributed by atoms with van der Waals surface area (Å²) >= 11 is 0. The van der Waals surface area contributed by atoms with E-state index >= 15 is 0 Å². The molecule has 0 bridgehead atoms. The van der Waals surface area contributed by atoms with Gasteiger partial charge in [0.15, 0.2) is 0 Å². The Labute approximate surface area is 103 Å². The average molecular weight is 257 g/mol. The van der Waals surface area contributed by atoms with Gasteiger partial charge in [-0.3, -0.25) is 4.98 Å². The van der Waals surface area contributed by atoms with Crippen LogP contribution in [0.15, 0.2) is 18.3 Å². The Morgan fingerprint density at radius 3 is 2.59 bits per heavy atom. The molecule has 0 atom stereocenters. The van der Waals surface area contributed by atoms with Crippen molar-refractivity contribution in [3.8, 4) is 0 Å². The lowest BCUT2D eigenvalue weighted by atomic mass is 10.3. The zero-order chi connectivity index (χ0) is 12.9. The smallest absolute Gasteiger partial charge is 0.214 e. The van der Waals surface area contributed by atoms with E-state index in [9.17, 15) is 8.42 Å². The molecule has 0 unspecified atom stereocenters. The van der Waals surface area contributed by atoms with Gasteiger partial charge >= 0.3 is 0 Å². The van der Waals surface area contributed by atoms with Gasteiger partial charge in [0.05, 0.1) is 11.4 Å². The third kappa shape index (κ3) is 4.80. The van der Waals surface area contributed by atoms with Crippen LogP contribution in [0.25, 0.3) is 0 Å². The van der Waals surface area contributed by atoms with Gasteiger partial charge in [-0.25, -0.2) is 12.7 Å². The van der Waals surface area contributed by atoms with Crippen molar-refractivity contribution in [2.24, 2.45) is 0 Å². The largest absolute Gasteiger partial charge is 0.310 e. The monoisotopic (exact) mass is 257 g/mol. The fourth-order valence-electron chi connectivity index (χ4n) is 1.20. The number of nitrogens with one attached hydrogen (secondary N) is 1. The molecule has 1 aromatic rings. The summed E-state index contributed by atoms with van der Waals surface area (Å²) in [6, 6.07) is 3.92. The topological polar surface area (TPSA) is 62.3 Å². The summed E-state index contributed by atoms with van der Waals surface area (Å²) in [4.78, 5) is 4.23. The standard InChI is InChI=1S/C11H19N3O2S/c1-10-4-5-11(13-8-10)9-12-6-7-17(15,16)14(2)3/h4-5,8,12H,6-7,9H2,1-3H3. The second kappa shape index (κ2) is 6.09. The number of sulfonamides is 1. The highest BCUT2D eigenvalue weighted by Gasteiger charge is 2.12. The highest BCUT2D eigenvalue weighted by atomic mass is 32.2. The molecule has 1 N–H and O–H groups in total. The van der Waals surface area contributed by atoms with Gasteiger partial charge in [0, 0.05) is 33.4 Å². The molecule has 0 radical (unpaired) electrons. The third-order valence-corrected chi connectivity index (χ3v) is 4.20. The lowest BCUT2D eigenvalue weighted by Crippen LogP contribution is -2.31. The minimum Gasteiger partial charge on any atom is -0.310 e. The minimum atomic E-state index is -3.11. The lowest BCUT2D eigenvalue weighted by molar-refractivity contribution is 0.517. The van der Waals surface area contributed by atoms with E-state index in [2.05, 4.69) is 10.3 Å². The zero-order valence-electron chi connectivity index (χ0n) is 10.5. The highest BCUT2D eigenvalue weighted by molar-refractivity contribution is 7.89. The molecule has 0 aliphatic carbocycles. The molecule has 0 aliphatic rings. The Morgan fingerprint density at radius 2 is 2.06 bits per heavy atom. The van der Waals surface area contributed by atoms with E-state index in [1.165, 1.54) is 18.4 Å². The molecular weight excluding hydrogens is 238 g/mol. The van der Waals surface area contributed by atoms with Gasteiger partial charge in [0.2, 0.25) is 10.0 Å². The van der Waals surface area contributed by atoms with E-state index < -0.39 is 10.0 Å². The van der Waals surface area contributed by atoms with E-state index in [1.54, 1.807) is 6.20 Å². The first-order valence-corrected chi connectivity index (χ1v) is 7.05. The van der Waals surface area contributed by atoms with E-state index in [1.807, 2.05) is 19.1 Å². The maximum Gasteiger partial charge on any atom is 0.214 e. The predicted molar refractivity (Wildman–Crippen MR) is 68.2 cm³/mol. The maximum atomic E-state index is 11.5. The second-order valence-corrected chi connectivity index (χ2v) is 6.40. The summed E-state index contributed by atoms with van der Waals surface area (Å²) in [5.74, 6) is 0.103. The first-order chi connectivity index (χ1) is 7.92. The van der Waals surface area contributed by atoms with Crippen LogP contribution in [0, 0.1) is 6.92 Å². The van der Waals surface area contributed by atoms with Crippen LogP contribution in [-0.4, -0.2) is 44.1 Å². The van der Waals surface area contributed by atoms with Gasteiger partial charge in [-0.2, -0.15) is 0 Å². The van der Waals surface area contributed by atoms with Crippen LogP contribution < -0.4 is 5.32 Å². The Bertz CT molecular complexity index is 440. The number of nitrogens with zero attached hydrogens (tertiary/aromatic N) is 2. The van der Waals surface area contributed by atoms with Crippen molar-refractivity contribution in [1.29, 1.82) is 0 Å². The number of pyridine rings is 1. The number of aryl methyl sites for hydroxylation is 1. The van der Waals surface area contributed by atoms with Crippen molar-refractivity contribution in [3.63, 3.8) is 0 Å². The van der Waals surface area contributed by atoms with Gasteiger partial charge in [0.25, 0.3) is 0 Å². The average Bonchev–Trinajstić information content (AvgIpc) is 2.26. The van der Waals surface area contributed by atoms with E-state index in [-0.39, 0.29) is 5.75 Å². The third-order valence-electron chi connectivity index (χ3n) is 2.37. The minimum absolute atomic E-state index is 0.103. The fourth-order valence-corrected chi connectivity index (χ4v) is 1.97. The van der Waals surface area contributed by atoms with Gasteiger partial charge in [-0.05, 0) is 18.6 Å². The molecule has 5 nitrogen and oxygen atoms in total. The summed E-state index contributed by atoms with van der Waals surface area (Å²) in [6.45, 7) is 2.99. The fraction of sp³-hybridized carbons (Fsp3) is 0.545. The normalized spacial score (nSPS) is 12.0. The van der Waals surface area contributed by atoms with Gasteiger partial charge in [0.1, 0.15) is 0 Å². The number of rotatable bonds is 6. The Hall–Kier alpha value is -0.980. The van der Waals surface area contributed by atoms with Crippen LogP contribution in [0.2, 0.25) is 0 Å². The summed E-state index contributed by atoms with van der Waals surface area (Å²) in [5, 5.41) is 3.06. The lowest BCUT2D eigenvalue weighted by Gasteiger charge is -2.11. The molecule has 1 rings (SSSR count). The summed E-state index contributed by atoms with van der Waals surface area (Å²) in [5.41, 5.74) is 2.03. The van der Waals surface area contributed by atoms with Crippen molar-refractivity contribution in [2.45, 2.75) is 13.5 Å². The Morgan fingerprint density at radius 1 is 1.35 bits per heavy atom. The SMILES string of the molecule is Cc1ccc(CNCCS(=O)(=O)N(C)C)nc1. The van der Waals surface area contributed by atoms with E-state index in [0.29, 0.717) is 13.1 Å². The molecule has 1 aromatic heterocycles. The van der Waals surface area contributed by atoms with E-state index in [0.717, 1.165) is 11.3 Å². The van der Waals surface area contributed by atoms with Crippen LogP contribution in [0.4, 0.5) is 0 Å². The molecular formula is C11H19N3O2S. The first kappa shape index (κ1) is 14.1. The van der Waals surface area contributed by atoms with E-state index in [4.69, 9.17) is 0 Å².